The molecule has 0 spiro atoms. The molecule has 4 heteroatoms. The minimum atomic E-state index is 0.190. The van der Waals surface area contributed by atoms with E-state index in [9.17, 15) is 0 Å². The van der Waals surface area contributed by atoms with Gasteiger partial charge >= 0.3 is 0 Å². The fraction of sp³-hybridized carbons (Fsp3) is 1.00. The molecular weight excluding hydrogens is 124 g/mol. The van der Waals surface area contributed by atoms with Crippen LogP contribution < -0.4 is 0 Å². The molecule has 0 radical (unpaired) electrons. The molecule has 0 aromatic carbocycles. The molecule has 0 saturated carbocycles. The van der Waals surface area contributed by atoms with E-state index >= 15 is 0 Å². The maximum Gasteiger partial charge on any atom is 0.00186 e. The lowest BCUT2D eigenvalue weighted by Crippen LogP contribution is -2.11. The molecule has 0 bridgehead atoms. The first-order chi connectivity index (χ1) is 2.27. The van der Waals surface area contributed by atoms with Crippen LogP contribution in [0.2, 0.25) is 5.67 Å². The molecule has 0 N–H and O–H groups in total. The third-order valence-corrected chi connectivity index (χ3v) is 22.0. The van der Waals surface area contributed by atoms with Gasteiger partial charge in [0.1, 0.15) is 0 Å². The zero-order chi connectivity index (χ0) is 4.28. The van der Waals surface area contributed by atoms with Crippen LogP contribution in [0.5, 0.6) is 0 Å². The average Bonchev–Trinajstić information content (AvgIpc) is 1.38. The predicted octanol–water partition coefficient (Wildman–Crippen LogP) is -3.74. The summed E-state index contributed by atoms with van der Waals surface area (Å²) in [7, 11) is 4.90. The molecule has 0 heterocycles. The highest BCUT2D eigenvalue weighted by atomic mass is 29.5. The van der Waals surface area contributed by atoms with Gasteiger partial charge in [-0.2, -0.15) is 0 Å². The molecule has 0 fully saturated rings. The molecule has 0 saturated heterocycles. The Bertz CT molecular complexity index is 17.6. The first-order valence-electron chi connectivity index (χ1n) is 2.27. The van der Waals surface area contributed by atoms with E-state index in [2.05, 4.69) is 0 Å². The Morgan fingerprint density at radius 3 is 1.60 bits per heavy atom. The summed E-state index contributed by atoms with van der Waals surface area (Å²) in [6.45, 7) is 0. The lowest BCUT2D eigenvalue weighted by Gasteiger charge is -1.87. The molecule has 0 aliphatic heterocycles. The fourth-order valence-corrected chi connectivity index (χ4v) is 0. The van der Waals surface area contributed by atoms with Gasteiger partial charge in [0.25, 0.3) is 0 Å². The summed E-state index contributed by atoms with van der Waals surface area (Å²) in [5.74, 6) is 0. The molecule has 0 rings (SSSR count). The van der Waals surface area contributed by atoms with Crippen molar-refractivity contribution in [2.75, 3.05) is 0 Å². The molecule has 32 valence electrons. The molecule has 0 aromatic rings. The Morgan fingerprint density at radius 1 is 1.40 bits per heavy atom. The van der Waals surface area contributed by atoms with Gasteiger partial charge in [0.05, 0.1) is 0 Å². The summed E-state index contributed by atoms with van der Waals surface area (Å²) in [5.41, 5.74) is 1.71. The molecule has 0 aliphatic rings. The van der Waals surface area contributed by atoms with Crippen molar-refractivity contribution < 1.29 is 0 Å². The van der Waals surface area contributed by atoms with Gasteiger partial charge in [-0.1, -0.05) is 5.67 Å². The monoisotopic (exact) mass is 136 g/mol. The van der Waals surface area contributed by atoms with Gasteiger partial charge in [0, 0.05) is 7.83 Å². The van der Waals surface area contributed by atoms with Crippen LogP contribution in [-0.4, -0.2) is 37.6 Å². The molecule has 5 heavy (non-hydrogen) atoms. The van der Waals surface area contributed by atoms with Crippen molar-refractivity contribution in [2.24, 2.45) is 0 Å². The van der Waals surface area contributed by atoms with Crippen LogP contribution in [0, 0.1) is 0 Å². The first kappa shape index (κ1) is 5.87. The van der Waals surface area contributed by atoms with E-state index in [1.54, 1.807) is 25.2 Å². The van der Waals surface area contributed by atoms with Crippen LogP contribution in [-0.2, 0) is 0 Å². The lowest BCUT2D eigenvalue weighted by molar-refractivity contribution is 2.10. The second-order valence-electron chi connectivity index (χ2n) is 1.80. The summed E-state index contributed by atoms with van der Waals surface area (Å²) >= 11 is 0. The summed E-state index contributed by atoms with van der Waals surface area (Å²) in [6.07, 6.45) is 0. The zero-order valence-corrected chi connectivity index (χ0v) is 11.4. The third-order valence-electron chi connectivity index (χ3n) is 0.816. The first-order valence-corrected chi connectivity index (χ1v) is 13.7. The predicted molar refractivity (Wildman–Crippen MR) is 41.8 cm³/mol. The Labute approximate surface area is 43.8 Å². The molecule has 0 nitrogen and oxygen atoms in total. The minimum Gasteiger partial charge on any atom is -0.0772 e. The Hall–Kier alpha value is 0.868. The maximum absolute atomic E-state index is 1.71. The lowest BCUT2D eigenvalue weighted by atomic mass is 11.9. The topological polar surface area (TPSA) is 0 Å². The van der Waals surface area contributed by atoms with Gasteiger partial charge in [-0.15, -0.1) is 0 Å². The van der Waals surface area contributed by atoms with E-state index in [4.69, 9.17) is 0 Å². The van der Waals surface area contributed by atoms with Crippen LogP contribution in [0.3, 0.4) is 0 Å². The molecular formula is CH12Si4. The zero-order valence-electron chi connectivity index (χ0n) is 4.28. The van der Waals surface area contributed by atoms with Crippen molar-refractivity contribution in [1.29, 1.82) is 0 Å². The van der Waals surface area contributed by atoms with Crippen molar-refractivity contribution >= 4 is 37.6 Å². The highest BCUT2D eigenvalue weighted by molar-refractivity contribution is 7.30. The van der Waals surface area contributed by atoms with Crippen molar-refractivity contribution in [3.8, 4) is 0 Å². The molecule has 0 amide bonds. The summed E-state index contributed by atoms with van der Waals surface area (Å²) in [6, 6.07) is 0. The Morgan fingerprint density at radius 2 is 1.60 bits per heavy atom. The molecule has 0 aliphatic carbocycles. The number of hydrogen-bond acceptors (Lipinski definition) is 0. The van der Waals surface area contributed by atoms with Crippen molar-refractivity contribution in [3.63, 3.8) is 0 Å². The van der Waals surface area contributed by atoms with E-state index < -0.39 is 0 Å². The molecule has 0 unspecified atom stereocenters. The number of hydrogen-bond donors (Lipinski definition) is 0. The standard InChI is InChI=1S/CH12Si4/c2-1-5(3)4/h5H,1H2,2-4H3. The smallest absolute Gasteiger partial charge is 0.00186 e. The second-order valence-corrected chi connectivity index (χ2v) is 26.6. The normalized spacial score (nSPS) is 16.8. The Balaban J connectivity index is 2.54. The summed E-state index contributed by atoms with van der Waals surface area (Å²) in [5, 5.41) is 0. The van der Waals surface area contributed by atoms with Crippen LogP contribution in [0.4, 0.5) is 0 Å². The van der Waals surface area contributed by atoms with E-state index in [-0.39, 0.29) is 7.83 Å². The molecule has 0 aromatic heterocycles. The fourth-order valence-electron chi connectivity index (χ4n) is 0. The third kappa shape index (κ3) is 4.87. The van der Waals surface area contributed by atoms with E-state index in [0.717, 1.165) is 0 Å². The number of rotatable bonds is 1. The largest absolute Gasteiger partial charge is 0.0772 e. The van der Waals surface area contributed by atoms with Gasteiger partial charge in [-0.05, 0) is 29.8 Å². The van der Waals surface area contributed by atoms with E-state index in [1.807, 2.05) is 0 Å². The van der Waals surface area contributed by atoms with Crippen molar-refractivity contribution in [3.05, 3.63) is 0 Å². The van der Waals surface area contributed by atoms with Crippen molar-refractivity contribution in [2.45, 2.75) is 5.67 Å². The minimum absolute atomic E-state index is 0.190. The summed E-state index contributed by atoms with van der Waals surface area (Å²) < 4.78 is 0. The van der Waals surface area contributed by atoms with Crippen LogP contribution in [0.15, 0.2) is 0 Å². The van der Waals surface area contributed by atoms with Gasteiger partial charge in [-0.3, -0.25) is 0 Å². The van der Waals surface area contributed by atoms with Crippen LogP contribution >= 0.6 is 0 Å². The Kier molecular flexibility index (Phi) is 3.61. The van der Waals surface area contributed by atoms with E-state index in [1.165, 1.54) is 10.2 Å². The molecule has 0 atom stereocenters. The maximum atomic E-state index is 1.71. The van der Waals surface area contributed by atoms with Crippen LogP contribution in [0.25, 0.3) is 0 Å². The van der Waals surface area contributed by atoms with Gasteiger partial charge in [-0.25, -0.2) is 0 Å². The summed E-state index contributed by atoms with van der Waals surface area (Å²) in [4.78, 5) is 0. The van der Waals surface area contributed by atoms with Crippen LogP contribution in [0.1, 0.15) is 0 Å². The second kappa shape index (κ2) is 3.07. The van der Waals surface area contributed by atoms with Gasteiger partial charge in [0.15, 0.2) is 0 Å². The van der Waals surface area contributed by atoms with E-state index in [0.29, 0.717) is 0 Å². The quantitative estimate of drug-likeness (QED) is 0.325. The average molecular weight is 136 g/mol. The highest BCUT2D eigenvalue weighted by Crippen LogP contribution is 1.66. The highest BCUT2D eigenvalue weighted by Gasteiger charge is 1.83. The van der Waals surface area contributed by atoms with Gasteiger partial charge in [0.2, 0.25) is 0 Å². The van der Waals surface area contributed by atoms with Crippen molar-refractivity contribution in [1.82, 2.24) is 0 Å². The van der Waals surface area contributed by atoms with Gasteiger partial charge < -0.3 is 0 Å². The SMILES string of the molecule is [SiH3]C[SiH]([SiH3])[SiH3].